The molecule has 2 aliphatic heterocycles. The van der Waals surface area contributed by atoms with Crippen molar-refractivity contribution in [2.75, 3.05) is 19.8 Å². The number of hydrogen-bond donors (Lipinski definition) is 0. The first-order valence-electron chi connectivity index (χ1n) is 10.8. The van der Waals surface area contributed by atoms with Gasteiger partial charge >= 0.3 is 0 Å². The van der Waals surface area contributed by atoms with Crippen LogP contribution in [0.25, 0.3) is 11.0 Å². The Morgan fingerprint density at radius 2 is 2.03 bits per heavy atom. The Labute approximate surface area is 180 Å². The van der Waals surface area contributed by atoms with E-state index < -0.39 is 6.04 Å². The molecule has 1 fully saturated rings. The second-order valence-corrected chi connectivity index (χ2v) is 8.17. The van der Waals surface area contributed by atoms with Gasteiger partial charge in [0.25, 0.3) is 5.91 Å². The third-order valence-electron chi connectivity index (χ3n) is 6.03. The zero-order chi connectivity index (χ0) is 21.5. The molecule has 3 aromatic rings. The van der Waals surface area contributed by atoms with E-state index in [9.17, 15) is 9.59 Å². The van der Waals surface area contributed by atoms with Crippen molar-refractivity contribution in [1.29, 1.82) is 0 Å². The highest BCUT2D eigenvalue weighted by atomic mass is 16.5. The molecule has 6 nitrogen and oxygen atoms in total. The number of hydrogen-bond acceptors (Lipinski definition) is 5. The molecule has 0 radical (unpaired) electrons. The number of carbonyl (C=O) groups excluding carboxylic acids is 1. The van der Waals surface area contributed by atoms with E-state index in [0.717, 1.165) is 24.0 Å². The minimum absolute atomic E-state index is 0.0393. The lowest BCUT2D eigenvalue weighted by molar-refractivity contribution is 0.0486. The second-order valence-electron chi connectivity index (χ2n) is 8.17. The van der Waals surface area contributed by atoms with Crippen molar-refractivity contribution >= 4 is 16.9 Å². The molecule has 160 valence electrons. The minimum Gasteiger partial charge on any atom is -0.494 e. The van der Waals surface area contributed by atoms with Crippen LogP contribution in [-0.4, -0.2) is 36.7 Å². The van der Waals surface area contributed by atoms with Crippen LogP contribution in [0.1, 0.15) is 53.1 Å². The molecule has 0 saturated carbocycles. The van der Waals surface area contributed by atoms with Crippen molar-refractivity contribution in [2.24, 2.45) is 0 Å². The molecule has 0 spiro atoms. The van der Waals surface area contributed by atoms with Gasteiger partial charge in [0, 0.05) is 13.2 Å². The van der Waals surface area contributed by atoms with Gasteiger partial charge in [0.2, 0.25) is 5.76 Å². The summed E-state index contributed by atoms with van der Waals surface area (Å²) in [6.07, 6.45) is 1.83. The van der Waals surface area contributed by atoms with Gasteiger partial charge in [0.05, 0.1) is 29.7 Å². The zero-order valence-electron chi connectivity index (χ0n) is 17.7. The number of benzene rings is 2. The van der Waals surface area contributed by atoms with Gasteiger partial charge in [-0.05, 0) is 56.5 Å². The topological polar surface area (TPSA) is 69.0 Å². The molecular weight excluding hydrogens is 394 g/mol. The predicted molar refractivity (Wildman–Crippen MR) is 117 cm³/mol. The molecule has 5 rings (SSSR count). The van der Waals surface area contributed by atoms with E-state index in [1.165, 1.54) is 0 Å². The van der Waals surface area contributed by atoms with Crippen LogP contribution >= 0.6 is 0 Å². The second kappa shape index (κ2) is 7.85. The Morgan fingerprint density at radius 1 is 1.16 bits per heavy atom. The minimum atomic E-state index is -0.534. The molecule has 31 heavy (non-hydrogen) atoms. The smallest absolute Gasteiger partial charge is 0.291 e. The van der Waals surface area contributed by atoms with Crippen molar-refractivity contribution < 1.29 is 18.7 Å². The highest BCUT2D eigenvalue weighted by Crippen LogP contribution is 2.39. The Hall–Kier alpha value is -3.12. The lowest BCUT2D eigenvalue weighted by Crippen LogP contribution is -2.36. The number of nitrogens with zero attached hydrogens (tertiary/aromatic N) is 1. The zero-order valence-corrected chi connectivity index (χ0v) is 17.7. The Morgan fingerprint density at radius 3 is 2.81 bits per heavy atom. The highest BCUT2D eigenvalue weighted by molar-refractivity contribution is 5.99. The van der Waals surface area contributed by atoms with Gasteiger partial charge in [-0.1, -0.05) is 23.8 Å². The van der Waals surface area contributed by atoms with Crippen LogP contribution in [0.4, 0.5) is 0 Å². The average molecular weight is 419 g/mol. The Bertz CT molecular complexity index is 1210. The van der Waals surface area contributed by atoms with Crippen molar-refractivity contribution in [2.45, 2.75) is 38.8 Å². The highest BCUT2D eigenvalue weighted by Gasteiger charge is 2.44. The maximum absolute atomic E-state index is 13.6. The Balaban J connectivity index is 1.69. The SMILES string of the molecule is CCOc1cccc(C2c3c(oc4ccc(C)cc4c3=O)C(=O)N2CC2CCCO2)c1. The van der Waals surface area contributed by atoms with Gasteiger partial charge in [0.1, 0.15) is 11.3 Å². The number of ether oxygens (including phenoxy) is 2. The summed E-state index contributed by atoms with van der Waals surface area (Å²) >= 11 is 0. The molecule has 1 aromatic heterocycles. The van der Waals surface area contributed by atoms with Gasteiger partial charge < -0.3 is 18.8 Å². The fourth-order valence-electron chi connectivity index (χ4n) is 4.62. The van der Waals surface area contributed by atoms with Crippen molar-refractivity contribution in [3.05, 3.63) is 75.1 Å². The fraction of sp³-hybridized carbons (Fsp3) is 0.360. The predicted octanol–water partition coefficient (Wildman–Crippen LogP) is 4.22. The van der Waals surface area contributed by atoms with Gasteiger partial charge in [-0.2, -0.15) is 0 Å². The molecule has 1 saturated heterocycles. The van der Waals surface area contributed by atoms with E-state index in [-0.39, 0.29) is 23.2 Å². The van der Waals surface area contributed by atoms with Gasteiger partial charge in [-0.15, -0.1) is 0 Å². The number of amides is 1. The first-order chi connectivity index (χ1) is 15.1. The first-order valence-corrected chi connectivity index (χ1v) is 10.8. The van der Waals surface area contributed by atoms with Crippen molar-refractivity contribution in [3.63, 3.8) is 0 Å². The monoisotopic (exact) mass is 419 g/mol. The summed E-state index contributed by atoms with van der Waals surface area (Å²) in [5.74, 6) is 0.571. The standard InChI is InChI=1S/C25H25NO5/c1-3-29-17-7-4-6-16(13-17)22-21-23(27)19-12-15(2)9-10-20(19)31-24(21)25(28)26(22)14-18-8-5-11-30-18/h4,6-7,9-10,12-13,18,22H,3,5,8,11,14H2,1-2H3. The average Bonchev–Trinajstić information content (AvgIpc) is 3.37. The quantitative estimate of drug-likeness (QED) is 0.619. The molecule has 0 bridgehead atoms. The summed E-state index contributed by atoms with van der Waals surface area (Å²) in [6, 6.07) is 12.5. The van der Waals surface area contributed by atoms with Crippen molar-refractivity contribution in [3.8, 4) is 5.75 Å². The molecule has 3 heterocycles. The van der Waals surface area contributed by atoms with Crippen LogP contribution in [0.5, 0.6) is 5.75 Å². The normalized spacial score (nSPS) is 20.5. The molecule has 0 N–H and O–H groups in total. The van der Waals surface area contributed by atoms with E-state index in [4.69, 9.17) is 13.9 Å². The van der Waals surface area contributed by atoms with E-state index in [0.29, 0.717) is 42.0 Å². The van der Waals surface area contributed by atoms with Gasteiger partial charge in [-0.3, -0.25) is 9.59 Å². The van der Waals surface area contributed by atoms with E-state index in [2.05, 4.69) is 0 Å². The van der Waals surface area contributed by atoms with Crippen LogP contribution in [0.2, 0.25) is 0 Å². The lowest BCUT2D eigenvalue weighted by atomic mass is 9.97. The largest absolute Gasteiger partial charge is 0.494 e. The summed E-state index contributed by atoms with van der Waals surface area (Å²) in [6.45, 7) is 5.51. The fourth-order valence-corrected chi connectivity index (χ4v) is 4.62. The molecule has 0 aliphatic carbocycles. The maximum atomic E-state index is 13.6. The maximum Gasteiger partial charge on any atom is 0.291 e. The van der Waals surface area contributed by atoms with Crippen LogP contribution in [-0.2, 0) is 4.74 Å². The van der Waals surface area contributed by atoms with Gasteiger partial charge in [0.15, 0.2) is 5.43 Å². The van der Waals surface area contributed by atoms with Crippen molar-refractivity contribution in [1.82, 2.24) is 4.90 Å². The van der Waals surface area contributed by atoms with Gasteiger partial charge in [-0.25, -0.2) is 0 Å². The number of aryl methyl sites for hydroxylation is 1. The third kappa shape index (κ3) is 3.41. The molecule has 2 aliphatic rings. The lowest BCUT2D eigenvalue weighted by Gasteiger charge is -2.27. The number of carbonyl (C=O) groups is 1. The summed E-state index contributed by atoms with van der Waals surface area (Å²) in [7, 11) is 0. The summed E-state index contributed by atoms with van der Waals surface area (Å²) in [5, 5.41) is 0.497. The van der Waals surface area contributed by atoms with Crippen LogP contribution in [0, 0.1) is 6.92 Å². The molecule has 1 amide bonds. The molecule has 6 heteroatoms. The van der Waals surface area contributed by atoms with Crippen LogP contribution in [0.15, 0.2) is 51.7 Å². The van der Waals surface area contributed by atoms with Crippen LogP contribution < -0.4 is 10.2 Å². The van der Waals surface area contributed by atoms with Crippen LogP contribution in [0.3, 0.4) is 0 Å². The third-order valence-corrected chi connectivity index (χ3v) is 6.03. The first kappa shape index (κ1) is 19.8. The van der Waals surface area contributed by atoms with E-state index in [1.807, 2.05) is 50.2 Å². The molecular formula is C25H25NO5. The Kier molecular flexibility index (Phi) is 5.02. The number of rotatable bonds is 5. The summed E-state index contributed by atoms with van der Waals surface area (Å²) < 4.78 is 17.5. The van der Waals surface area contributed by atoms with E-state index >= 15 is 0 Å². The molecule has 2 unspecified atom stereocenters. The molecule has 2 atom stereocenters. The number of fused-ring (bicyclic) bond motifs is 2. The summed E-state index contributed by atoms with van der Waals surface area (Å²) in [4.78, 5) is 28.8. The summed E-state index contributed by atoms with van der Waals surface area (Å²) in [5.41, 5.74) is 2.47. The molecule has 2 aromatic carbocycles. The van der Waals surface area contributed by atoms with E-state index in [1.54, 1.807) is 11.0 Å².